The smallest absolute Gasteiger partial charge is 0.200 e. The predicted molar refractivity (Wildman–Crippen MR) is 76.5 cm³/mol. The normalized spacial score (nSPS) is 10.8. The van der Waals surface area contributed by atoms with Crippen LogP contribution in [-0.2, 0) is 6.42 Å². The van der Waals surface area contributed by atoms with Gasteiger partial charge in [-0.1, -0.05) is 34.1 Å². The van der Waals surface area contributed by atoms with Gasteiger partial charge < -0.3 is 4.74 Å². The van der Waals surface area contributed by atoms with Gasteiger partial charge in [-0.05, 0) is 29.8 Å². The third kappa shape index (κ3) is 2.33. The van der Waals surface area contributed by atoms with E-state index in [1.165, 1.54) is 5.56 Å². The summed E-state index contributed by atoms with van der Waals surface area (Å²) in [6.07, 6.45) is 0.709. The van der Waals surface area contributed by atoms with Crippen molar-refractivity contribution in [2.24, 2.45) is 0 Å². The minimum Gasteiger partial charge on any atom is -0.482 e. The molecule has 0 aliphatic heterocycles. The van der Waals surface area contributed by atoms with Gasteiger partial charge in [0.25, 0.3) is 0 Å². The second kappa shape index (κ2) is 5.01. The number of nitrogens with zero attached hydrogens (tertiary/aromatic N) is 3. The van der Waals surface area contributed by atoms with E-state index in [1.807, 2.05) is 34.7 Å². The summed E-state index contributed by atoms with van der Waals surface area (Å²) >= 11 is 3.48. The quantitative estimate of drug-likeness (QED) is 0.745. The molecule has 0 aliphatic carbocycles. The zero-order chi connectivity index (χ0) is 13.2. The van der Waals surface area contributed by atoms with Crippen LogP contribution in [0.4, 0.5) is 0 Å². The number of methoxy groups -OCH3 is 1. The third-order valence-corrected chi connectivity index (χ3v) is 3.41. The van der Waals surface area contributed by atoms with E-state index in [9.17, 15) is 0 Å². The van der Waals surface area contributed by atoms with Crippen molar-refractivity contribution in [1.29, 1.82) is 0 Å². The first-order valence-electron chi connectivity index (χ1n) is 5.89. The summed E-state index contributed by atoms with van der Waals surface area (Å²) in [5, 5.41) is 8.41. The van der Waals surface area contributed by atoms with Crippen LogP contribution in [0.5, 0.6) is 5.88 Å². The molecule has 0 saturated carbocycles. The van der Waals surface area contributed by atoms with Gasteiger partial charge >= 0.3 is 0 Å². The molecule has 3 aromatic rings. The summed E-state index contributed by atoms with van der Waals surface area (Å²) in [6, 6.07) is 13.9. The van der Waals surface area contributed by atoms with Crippen LogP contribution in [0.3, 0.4) is 0 Å². The zero-order valence-corrected chi connectivity index (χ0v) is 12.0. The Morgan fingerprint density at radius 1 is 1.16 bits per heavy atom. The Bertz CT molecular complexity index is 724. The summed E-state index contributed by atoms with van der Waals surface area (Å²) in [4.78, 5) is 0. The second-order valence-corrected chi connectivity index (χ2v) is 5.10. The molecule has 0 bridgehead atoms. The molecule has 4 nitrogen and oxygen atoms in total. The molecule has 1 aromatic carbocycles. The summed E-state index contributed by atoms with van der Waals surface area (Å²) in [5.41, 5.74) is 1.97. The van der Waals surface area contributed by atoms with E-state index in [0.29, 0.717) is 6.42 Å². The maximum absolute atomic E-state index is 5.36. The molecule has 0 amide bonds. The van der Waals surface area contributed by atoms with Gasteiger partial charge in [0.1, 0.15) is 5.82 Å². The fourth-order valence-corrected chi connectivity index (χ4v) is 2.52. The molecule has 0 N–H and O–H groups in total. The highest BCUT2D eigenvalue weighted by molar-refractivity contribution is 9.10. The number of hydrogen-bond acceptors (Lipinski definition) is 3. The average Bonchev–Trinajstić information content (AvgIpc) is 2.82. The first-order valence-corrected chi connectivity index (χ1v) is 6.68. The Balaban J connectivity index is 2.06. The summed E-state index contributed by atoms with van der Waals surface area (Å²) in [5.74, 6) is 1.61. The van der Waals surface area contributed by atoms with Gasteiger partial charge in [0.05, 0.1) is 7.11 Å². The van der Waals surface area contributed by atoms with Crippen LogP contribution in [0.15, 0.2) is 46.9 Å². The highest BCUT2D eigenvalue weighted by Gasteiger charge is 2.10. The largest absolute Gasteiger partial charge is 0.482 e. The number of rotatable bonds is 3. The lowest BCUT2D eigenvalue weighted by molar-refractivity contribution is 0.390. The Labute approximate surface area is 119 Å². The zero-order valence-electron chi connectivity index (χ0n) is 10.4. The van der Waals surface area contributed by atoms with Crippen LogP contribution in [0.2, 0.25) is 0 Å². The molecule has 0 fully saturated rings. The SMILES string of the molecule is COc1cccc2nnc(Cc3cccc(Br)c3)n12. The van der Waals surface area contributed by atoms with Crippen molar-refractivity contribution in [3.63, 3.8) is 0 Å². The molecule has 0 radical (unpaired) electrons. The number of benzene rings is 1. The molecule has 19 heavy (non-hydrogen) atoms. The third-order valence-electron chi connectivity index (χ3n) is 2.92. The molecule has 5 heteroatoms. The van der Waals surface area contributed by atoms with E-state index in [2.05, 4.69) is 38.3 Å². The number of aromatic nitrogens is 3. The van der Waals surface area contributed by atoms with Gasteiger partial charge in [-0.2, -0.15) is 0 Å². The Morgan fingerprint density at radius 2 is 2.00 bits per heavy atom. The summed E-state index contributed by atoms with van der Waals surface area (Å²) in [7, 11) is 1.65. The number of fused-ring (bicyclic) bond motifs is 1. The Hall–Kier alpha value is -1.88. The van der Waals surface area contributed by atoms with E-state index in [-0.39, 0.29) is 0 Å². The van der Waals surface area contributed by atoms with Crippen molar-refractivity contribution in [3.05, 3.63) is 58.3 Å². The lowest BCUT2D eigenvalue weighted by Gasteiger charge is -2.06. The lowest BCUT2D eigenvalue weighted by Crippen LogP contribution is -2.00. The van der Waals surface area contributed by atoms with Gasteiger partial charge in [-0.3, -0.25) is 0 Å². The Morgan fingerprint density at radius 3 is 2.79 bits per heavy atom. The molecule has 3 rings (SSSR count). The number of pyridine rings is 1. The standard InChI is InChI=1S/C14H12BrN3O/c1-19-14-7-3-6-12-16-17-13(18(12)14)9-10-4-2-5-11(15)8-10/h2-8H,9H2,1H3. The minimum absolute atomic E-state index is 0.709. The van der Waals surface area contributed by atoms with E-state index in [0.717, 1.165) is 21.8 Å². The van der Waals surface area contributed by atoms with Crippen LogP contribution >= 0.6 is 15.9 Å². The van der Waals surface area contributed by atoms with Gasteiger partial charge in [-0.25, -0.2) is 4.40 Å². The molecule has 0 saturated heterocycles. The highest BCUT2D eigenvalue weighted by atomic mass is 79.9. The van der Waals surface area contributed by atoms with Crippen molar-refractivity contribution in [1.82, 2.24) is 14.6 Å². The van der Waals surface area contributed by atoms with E-state index < -0.39 is 0 Å². The number of hydrogen-bond donors (Lipinski definition) is 0. The molecule has 0 unspecified atom stereocenters. The van der Waals surface area contributed by atoms with Crippen molar-refractivity contribution >= 4 is 21.6 Å². The van der Waals surface area contributed by atoms with Gasteiger partial charge in [0.15, 0.2) is 5.65 Å². The van der Waals surface area contributed by atoms with E-state index in [1.54, 1.807) is 7.11 Å². The van der Waals surface area contributed by atoms with Crippen molar-refractivity contribution < 1.29 is 4.74 Å². The Kier molecular flexibility index (Phi) is 3.21. The second-order valence-electron chi connectivity index (χ2n) is 4.18. The van der Waals surface area contributed by atoms with Crippen LogP contribution in [0.1, 0.15) is 11.4 Å². The van der Waals surface area contributed by atoms with Gasteiger partial charge in [0.2, 0.25) is 5.88 Å². The van der Waals surface area contributed by atoms with Crippen molar-refractivity contribution in [2.45, 2.75) is 6.42 Å². The van der Waals surface area contributed by atoms with Crippen molar-refractivity contribution in [2.75, 3.05) is 7.11 Å². The fourth-order valence-electron chi connectivity index (χ4n) is 2.07. The maximum Gasteiger partial charge on any atom is 0.200 e. The summed E-state index contributed by atoms with van der Waals surface area (Å²) in [6.45, 7) is 0. The fraction of sp³-hybridized carbons (Fsp3) is 0.143. The monoisotopic (exact) mass is 317 g/mol. The van der Waals surface area contributed by atoms with E-state index >= 15 is 0 Å². The first-order chi connectivity index (χ1) is 9.28. The molecule has 96 valence electrons. The molecule has 0 spiro atoms. The lowest BCUT2D eigenvalue weighted by atomic mass is 10.1. The van der Waals surface area contributed by atoms with Gasteiger partial charge in [-0.15, -0.1) is 10.2 Å². The maximum atomic E-state index is 5.36. The number of halogens is 1. The topological polar surface area (TPSA) is 39.4 Å². The van der Waals surface area contributed by atoms with Crippen molar-refractivity contribution in [3.8, 4) is 5.88 Å². The molecular weight excluding hydrogens is 306 g/mol. The van der Waals surface area contributed by atoms with Crippen LogP contribution in [0, 0.1) is 0 Å². The van der Waals surface area contributed by atoms with E-state index in [4.69, 9.17) is 4.74 Å². The molecule has 0 atom stereocenters. The minimum atomic E-state index is 0.709. The summed E-state index contributed by atoms with van der Waals surface area (Å²) < 4.78 is 8.35. The highest BCUT2D eigenvalue weighted by Crippen LogP contribution is 2.19. The van der Waals surface area contributed by atoms with Gasteiger partial charge in [0, 0.05) is 10.9 Å². The molecule has 2 aromatic heterocycles. The van der Waals surface area contributed by atoms with Crippen LogP contribution in [-0.4, -0.2) is 21.7 Å². The molecule has 0 aliphatic rings. The first kappa shape index (κ1) is 12.2. The molecule has 2 heterocycles. The molecular formula is C14H12BrN3O. The predicted octanol–water partition coefficient (Wildman–Crippen LogP) is 3.09. The average molecular weight is 318 g/mol. The van der Waals surface area contributed by atoms with Crippen LogP contribution in [0.25, 0.3) is 5.65 Å². The van der Waals surface area contributed by atoms with Crippen LogP contribution < -0.4 is 4.74 Å². The number of ether oxygens (including phenoxy) is 1.